The first-order valence-corrected chi connectivity index (χ1v) is 18.3. The first-order chi connectivity index (χ1) is 26.7. The van der Waals surface area contributed by atoms with Gasteiger partial charge in [-0.1, -0.05) is 127 Å². The van der Waals surface area contributed by atoms with Crippen LogP contribution in [0, 0.1) is 5.82 Å². The summed E-state index contributed by atoms with van der Waals surface area (Å²) < 4.78 is 20.5. The second-order valence-corrected chi connectivity index (χ2v) is 13.9. The molecule has 0 N–H and O–H groups in total. The van der Waals surface area contributed by atoms with Crippen LogP contribution in [0.1, 0.15) is 0 Å². The fourth-order valence-corrected chi connectivity index (χ4v) is 8.67. The van der Waals surface area contributed by atoms with Crippen LogP contribution < -0.4 is 4.90 Å². The van der Waals surface area contributed by atoms with Gasteiger partial charge in [0.1, 0.15) is 5.82 Å². The number of nitrogens with zero attached hydrogens (tertiary/aromatic N) is 3. The Kier molecular flexibility index (Phi) is 6.73. The quantitative estimate of drug-likeness (QED) is 0.179. The van der Waals surface area contributed by atoms with Gasteiger partial charge >= 0.3 is 0 Å². The highest BCUT2D eigenvalue weighted by atomic mass is 19.1. The molecule has 0 unspecified atom stereocenters. The van der Waals surface area contributed by atoms with E-state index in [9.17, 15) is 0 Å². The molecular formula is C50H32FN3. The van der Waals surface area contributed by atoms with Gasteiger partial charge in [-0.15, -0.1) is 0 Å². The Hall–Kier alpha value is -7.17. The van der Waals surface area contributed by atoms with Gasteiger partial charge in [0.05, 0.1) is 33.6 Å². The number of benzene rings is 8. The average Bonchev–Trinajstić information content (AvgIpc) is 3.72. The van der Waals surface area contributed by atoms with Gasteiger partial charge < -0.3 is 14.0 Å². The van der Waals surface area contributed by atoms with Gasteiger partial charge in [0.2, 0.25) is 0 Å². The molecule has 254 valence electrons. The lowest BCUT2D eigenvalue weighted by atomic mass is 9.98. The SMILES string of the molecule is Fc1cccc2c3c(n(-c4ccccc4)c12)-c1ccccc1N(c1cccc(-c2cccc(-n4c5ccccc5c5ccccc54)c2)c1)c1ccccc1-3. The van der Waals surface area contributed by atoms with E-state index in [0.717, 1.165) is 67.3 Å². The van der Waals surface area contributed by atoms with Gasteiger partial charge in [-0.3, -0.25) is 0 Å². The molecule has 0 bridgehead atoms. The van der Waals surface area contributed by atoms with Crippen LogP contribution in [0.5, 0.6) is 0 Å². The number of aromatic nitrogens is 2. The van der Waals surface area contributed by atoms with Gasteiger partial charge in [0.25, 0.3) is 0 Å². The maximum Gasteiger partial charge on any atom is 0.147 e. The topological polar surface area (TPSA) is 13.1 Å². The van der Waals surface area contributed by atoms with Crippen molar-refractivity contribution in [3.63, 3.8) is 0 Å². The third-order valence-corrected chi connectivity index (χ3v) is 10.9. The Labute approximate surface area is 312 Å². The summed E-state index contributed by atoms with van der Waals surface area (Å²) in [5.74, 6) is -0.243. The zero-order valence-corrected chi connectivity index (χ0v) is 29.2. The molecule has 8 aromatic carbocycles. The van der Waals surface area contributed by atoms with Gasteiger partial charge in [-0.2, -0.15) is 0 Å². The summed E-state index contributed by atoms with van der Waals surface area (Å²) >= 11 is 0. The van der Waals surface area contributed by atoms with Crippen LogP contribution in [-0.4, -0.2) is 9.13 Å². The fraction of sp³-hybridized carbons (Fsp3) is 0. The Balaban J connectivity index is 1.12. The molecule has 1 aliphatic rings. The molecule has 0 radical (unpaired) electrons. The molecule has 11 rings (SSSR count). The lowest BCUT2D eigenvalue weighted by molar-refractivity contribution is 0.635. The van der Waals surface area contributed by atoms with Crippen molar-refractivity contribution >= 4 is 49.8 Å². The van der Waals surface area contributed by atoms with Crippen molar-refractivity contribution in [1.29, 1.82) is 0 Å². The maximum atomic E-state index is 16.1. The Bertz CT molecular complexity index is 3030. The van der Waals surface area contributed by atoms with E-state index in [-0.39, 0.29) is 5.82 Å². The van der Waals surface area contributed by atoms with Crippen LogP contribution in [0.2, 0.25) is 0 Å². The number of halogens is 1. The van der Waals surface area contributed by atoms with Crippen LogP contribution in [-0.2, 0) is 0 Å². The highest BCUT2D eigenvalue weighted by Gasteiger charge is 2.32. The molecule has 0 spiro atoms. The second kappa shape index (κ2) is 11.9. The molecule has 1 aliphatic heterocycles. The molecule has 3 nitrogen and oxygen atoms in total. The van der Waals surface area contributed by atoms with Crippen LogP contribution in [0.15, 0.2) is 194 Å². The molecule has 0 saturated carbocycles. The zero-order chi connectivity index (χ0) is 35.8. The second-order valence-electron chi connectivity index (χ2n) is 13.9. The Morgan fingerprint density at radius 3 is 1.61 bits per heavy atom. The van der Waals surface area contributed by atoms with Gasteiger partial charge in [0.15, 0.2) is 0 Å². The third-order valence-electron chi connectivity index (χ3n) is 10.9. The highest BCUT2D eigenvalue weighted by Crippen LogP contribution is 2.54. The van der Waals surface area contributed by atoms with Crippen molar-refractivity contribution in [2.45, 2.75) is 0 Å². The summed E-state index contributed by atoms with van der Waals surface area (Å²) in [6.45, 7) is 0. The molecule has 0 amide bonds. The summed E-state index contributed by atoms with van der Waals surface area (Å²) in [6.07, 6.45) is 0. The minimum atomic E-state index is -0.243. The van der Waals surface area contributed by atoms with E-state index in [2.05, 4.69) is 178 Å². The minimum Gasteiger partial charge on any atom is -0.309 e. The molecule has 54 heavy (non-hydrogen) atoms. The van der Waals surface area contributed by atoms with Crippen LogP contribution in [0.3, 0.4) is 0 Å². The smallest absolute Gasteiger partial charge is 0.147 e. The number of rotatable bonds is 4. The summed E-state index contributed by atoms with van der Waals surface area (Å²) in [6, 6.07) is 67.5. The number of para-hydroxylation sites is 6. The van der Waals surface area contributed by atoms with Gasteiger partial charge in [-0.05, 0) is 77.9 Å². The summed E-state index contributed by atoms with van der Waals surface area (Å²) in [5, 5.41) is 3.37. The summed E-state index contributed by atoms with van der Waals surface area (Å²) in [4.78, 5) is 2.37. The van der Waals surface area contributed by atoms with Crippen LogP contribution >= 0.6 is 0 Å². The van der Waals surface area contributed by atoms with Crippen molar-refractivity contribution in [2.24, 2.45) is 0 Å². The average molecular weight is 694 g/mol. The molecular weight excluding hydrogens is 662 g/mol. The summed E-state index contributed by atoms with van der Waals surface area (Å²) in [5.41, 5.74) is 14.4. The van der Waals surface area contributed by atoms with Crippen LogP contribution in [0.4, 0.5) is 21.5 Å². The molecule has 0 atom stereocenters. The molecule has 3 heterocycles. The standard InChI is InChI=1S/C50H32FN3/c51-43-26-14-25-42-48-40-23-6-10-29-46(40)53(47-30-11-7-24-41(47)50(48)54(49(42)43)35-17-2-1-3-18-35)37-20-13-16-34(32-37)33-15-12-19-36(31-33)52-44-27-8-4-21-38(44)39-22-5-9-28-45(39)52/h1-32H. The summed E-state index contributed by atoms with van der Waals surface area (Å²) in [7, 11) is 0. The number of hydrogen-bond donors (Lipinski definition) is 0. The van der Waals surface area contributed by atoms with E-state index in [1.54, 1.807) is 6.07 Å². The number of hydrogen-bond acceptors (Lipinski definition) is 1. The zero-order valence-electron chi connectivity index (χ0n) is 29.2. The van der Waals surface area contributed by atoms with Crippen molar-refractivity contribution < 1.29 is 4.39 Å². The predicted molar refractivity (Wildman–Crippen MR) is 222 cm³/mol. The van der Waals surface area contributed by atoms with E-state index in [0.29, 0.717) is 5.52 Å². The number of anilines is 3. The molecule has 0 saturated heterocycles. The first kappa shape index (κ1) is 30.5. The molecule has 0 aliphatic carbocycles. The van der Waals surface area contributed by atoms with Gasteiger partial charge in [-0.25, -0.2) is 4.39 Å². The Morgan fingerprint density at radius 1 is 0.370 bits per heavy atom. The third kappa shape index (κ3) is 4.47. The fourth-order valence-electron chi connectivity index (χ4n) is 8.67. The Morgan fingerprint density at radius 2 is 0.889 bits per heavy atom. The molecule has 4 heteroatoms. The van der Waals surface area contributed by atoms with Crippen molar-refractivity contribution in [3.05, 3.63) is 200 Å². The van der Waals surface area contributed by atoms with E-state index < -0.39 is 0 Å². The first-order valence-electron chi connectivity index (χ1n) is 18.3. The molecule has 10 aromatic rings. The van der Waals surface area contributed by atoms with Gasteiger partial charge in [0, 0.05) is 49.9 Å². The predicted octanol–water partition coefficient (Wildman–Crippen LogP) is 13.7. The van der Waals surface area contributed by atoms with E-state index in [1.807, 2.05) is 24.3 Å². The molecule has 0 fully saturated rings. The maximum absolute atomic E-state index is 16.1. The lowest BCUT2D eigenvalue weighted by Crippen LogP contribution is -2.11. The monoisotopic (exact) mass is 693 g/mol. The molecule has 2 aromatic heterocycles. The largest absolute Gasteiger partial charge is 0.309 e. The minimum absolute atomic E-state index is 0.243. The lowest BCUT2D eigenvalue weighted by Gasteiger charge is -2.28. The highest BCUT2D eigenvalue weighted by molar-refractivity contribution is 6.13. The van der Waals surface area contributed by atoms with E-state index in [1.165, 1.54) is 21.8 Å². The normalized spacial score (nSPS) is 12.1. The van der Waals surface area contributed by atoms with E-state index in [4.69, 9.17) is 0 Å². The van der Waals surface area contributed by atoms with Crippen molar-refractivity contribution in [1.82, 2.24) is 9.13 Å². The van der Waals surface area contributed by atoms with Crippen LogP contribution in [0.25, 0.3) is 77.6 Å². The number of fused-ring (bicyclic) bond motifs is 10. The van der Waals surface area contributed by atoms with Crippen molar-refractivity contribution in [2.75, 3.05) is 4.90 Å². The van der Waals surface area contributed by atoms with E-state index >= 15 is 4.39 Å². The van der Waals surface area contributed by atoms with Crippen molar-refractivity contribution in [3.8, 4) is 44.9 Å².